The molecule has 0 spiro atoms. The fraction of sp³-hybridized carbons (Fsp3) is 0.296. The number of hydrogen-bond donors (Lipinski definition) is 0. The Morgan fingerprint density at radius 1 is 0.943 bits per heavy atom. The minimum Gasteiger partial charge on any atom is -0.368 e. The van der Waals surface area contributed by atoms with Crippen LogP contribution in [0.4, 0.5) is 5.69 Å². The number of halogens is 2. The van der Waals surface area contributed by atoms with Crippen LogP contribution in [-0.4, -0.2) is 51.6 Å². The summed E-state index contributed by atoms with van der Waals surface area (Å²) in [7, 11) is 0. The molecule has 2 aromatic heterocycles. The number of aromatic nitrogens is 3. The number of fused-ring (bicyclic) bond motifs is 1. The monoisotopic (exact) mass is 507 g/mol. The molecule has 0 bridgehead atoms. The molecule has 180 valence electrons. The Bertz CT molecular complexity index is 1410. The summed E-state index contributed by atoms with van der Waals surface area (Å²) in [4.78, 5) is 22.4. The van der Waals surface area contributed by atoms with E-state index in [4.69, 9.17) is 28.2 Å². The van der Waals surface area contributed by atoms with Gasteiger partial charge in [0.15, 0.2) is 5.65 Å². The summed E-state index contributed by atoms with van der Waals surface area (Å²) in [5.74, 6) is -0.0285. The highest BCUT2D eigenvalue weighted by Crippen LogP contribution is 2.26. The van der Waals surface area contributed by atoms with Gasteiger partial charge in [-0.2, -0.15) is 5.10 Å². The van der Waals surface area contributed by atoms with Gasteiger partial charge in [0.2, 0.25) is 0 Å². The molecule has 0 saturated carbocycles. The van der Waals surface area contributed by atoms with Crippen molar-refractivity contribution in [2.24, 2.45) is 0 Å². The van der Waals surface area contributed by atoms with Gasteiger partial charge in [0, 0.05) is 59.7 Å². The summed E-state index contributed by atoms with van der Waals surface area (Å²) in [5.41, 5.74) is 7.61. The van der Waals surface area contributed by atoms with Crippen LogP contribution in [0.1, 0.15) is 38.4 Å². The van der Waals surface area contributed by atoms with Crippen LogP contribution in [0.5, 0.6) is 0 Å². The second kappa shape index (κ2) is 9.51. The van der Waals surface area contributed by atoms with E-state index in [-0.39, 0.29) is 5.91 Å². The number of rotatable bonds is 4. The third kappa shape index (κ3) is 4.60. The molecule has 2 aromatic carbocycles. The molecule has 0 atom stereocenters. The van der Waals surface area contributed by atoms with E-state index in [1.54, 1.807) is 10.7 Å². The van der Waals surface area contributed by atoms with E-state index < -0.39 is 0 Å². The number of hydrogen-bond acceptors (Lipinski definition) is 4. The lowest BCUT2D eigenvalue weighted by Crippen LogP contribution is -2.49. The highest BCUT2D eigenvalue weighted by Gasteiger charge is 2.26. The van der Waals surface area contributed by atoms with Gasteiger partial charge in [0.1, 0.15) is 5.56 Å². The third-order valence-corrected chi connectivity index (χ3v) is 7.30. The molecule has 1 amide bonds. The molecule has 35 heavy (non-hydrogen) atoms. The molecule has 1 aliphatic heterocycles. The zero-order chi connectivity index (χ0) is 24.7. The van der Waals surface area contributed by atoms with E-state index in [1.807, 2.05) is 61.2 Å². The highest BCUT2D eigenvalue weighted by atomic mass is 35.5. The largest absolute Gasteiger partial charge is 0.368 e. The first-order valence-corrected chi connectivity index (χ1v) is 12.5. The SMILES string of the molecule is Cc1ccc(Cl)cc1N1CCN(C(=O)c2cnn3c(C)c(Cc4ccc(Cl)cc4)c(C)nc23)CC1. The second-order valence-electron chi connectivity index (χ2n) is 9.07. The Kier molecular flexibility index (Phi) is 6.43. The minimum atomic E-state index is -0.0285. The number of anilines is 1. The van der Waals surface area contributed by atoms with E-state index in [0.717, 1.165) is 57.8 Å². The van der Waals surface area contributed by atoms with Crippen molar-refractivity contribution in [2.45, 2.75) is 27.2 Å². The zero-order valence-corrected chi connectivity index (χ0v) is 21.6. The van der Waals surface area contributed by atoms with E-state index in [2.05, 4.69) is 16.9 Å². The molecule has 0 radical (unpaired) electrons. The van der Waals surface area contributed by atoms with Crippen molar-refractivity contribution >= 4 is 40.4 Å². The molecule has 1 saturated heterocycles. The summed E-state index contributed by atoms with van der Waals surface area (Å²) in [5, 5.41) is 5.98. The molecule has 1 fully saturated rings. The van der Waals surface area contributed by atoms with E-state index in [9.17, 15) is 4.79 Å². The van der Waals surface area contributed by atoms with E-state index in [1.165, 1.54) is 5.56 Å². The van der Waals surface area contributed by atoms with Crippen molar-refractivity contribution in [1.82, 2.24) is 19.5 Å². The highest BCUT2D eigenvalue weighted by molar-refractivity contribution is 6.31. The fourth-order valence-electron chi connectivity index (χ4n) is 4.77. The summed E-state index contributed by atoms with van der Waals surface area (Å²) in [6.45, 7) is 8.88. The summed E-state index contributed by atoms with van der Waals surface area (Å²) < 4.78 is 1.79. The Labute approximate surface area is 215 Å². The van der Waals surface area contributed by atoms with Gasteiger partial charge >= 0.3 is 0 Å². The van der Waals surface area contributed by atoms with Crippen LogP contribution < -0.4 is 4.90 Å². The zero-order valence-electron chi connectivity index (χ0n) is 20.1. The summed E-state index contributed by atoms with van der Waals surface area (Å²) in [6.07, 6.45) is 2.38. The van der Waals surface area contributed by atoms with Gasteiger partial charge < -0.3 is 9.80 Å². The van der Waals surface area contributed by atoms with Crippen molar-refractivity contribution in [3.05, 3.63) is 92.3 Å². The van der Waals surface area contributed by atoms with Gasteiger partial charge in [0.25, 0.3) is 5.91 Å². The fourth-order valence-corrected chi connectivity index (χ4v) is 5.06. The lowest BCUT2D eigenvalue weighted by molar-refractivity contribution is 0.0748. The Morgan fingerprint density at radius 2 is 1.63 bits per heavy atom. The maximum absolute atomic E-state index is 13.4. The van der Waals surface area contributed by atoms with Crippen molar-refractivity contribution in [2.75, 3.05) is 31.1 Å². The maximum Gasteiger partial charge on any atom is 0.259 e. The normalized spacial score (nSPS) is 14.1. The van der Waals surface area contributed by atoms with Crippen LogP contribution in [0.2, 0.25) is 10.0 Å². The van der Waals surface area contributed by atoms with E-state index in [0.29, 0.717) is 24.3 Å². The number of nitrogens with zero attached hydrogens (tertiary/aromatic N) is 5. The predicted octanol–water partition coefficient (Wildman–Crippen LogP) is 5.51. The predicted molar refractivity (Wildman–Crippen MR) is 141 cm³/mol. The smallest absolute Gasteiger partial charge is 0.259 e. The topological polar surface area (TPSA) is 53.7 Å². The second-order valence-corrected chi connectivity index (χ2v) is 9.94. The standard InChI is InChI=1S/C27H27Cl2N5O/c1-17-4-7-22(29)15-25(17)32-10-12-33(13-11-32)27(35)24-16-30-34-19(3)23(18(2)31-26(24)34)14-20-5-8-21(28)9-6-20/h4-9,15-16H,10-14H2,1-3H3. The maximum atomic E-state index is 13.4. The van der Waals surface area contributed by atoms with Gasteiger partial charge in [-0.15, -0.1) is 0 Å². The average Bonchev–Trinajstić information content (AvgIpc) is 3.28. The molecule has 1 aliphatic rings. The van der Waals surface area contributed by atoms with Crippen LogP contribution in [0.15, 0.2) is 48.7 Å². The number of amides is 1. The first-order valence-electron chi connectivity index (χ1n) is 11.7. The number of aryl methyl sites for hydroxylation is 3. The van der Waals surface area contributed by atoms with Crippen LogP contribution >= 0.6 is 23.2 Å². The van der Waals surface area contributed by atoms with Crippen molar-refractivity contribution < 1.29 is 4.79 Å². The van der Waals surface area contributed by atoms with Gasteiger partial charge in [-0.25, -0.2) is 9.50 Å². The third-order valence-electron chi connectivity index (χ3n) is 6.81. The summed E-state index contributed by atoms with van der Waals surface area (Å²) in [6, 6.07) is 13.8. The Balaban J connectivity index is 1.36. The average molecular weight is 508 g/mol. The molecule has 5 rings (SSSR count). The first kappa shape index (κ1) is 23.6. The van der Waals surface area contributed by atoms with Gasteiger partial charge in [0.05, 0.1) is 6.20 Å². The van der Waals surface area contributed by atoms with Gasteiger partial charge in [-0.1, -0.05) is 41.4 Å². The quantitative estimate of drug-likeness (QED) is 0.365. The van der Waals surface area contributed by atoms with E-state index >= 15 is 0 Å². The molecule has 3 heterocycles. The van der Waals surface area contributed by atoms with Crippen molar-refractivity contribution in [1.29, 1.82) is 0 Å². The molecule has 6 nitrogen and oxygen atoms in total. The first-order chi connectivity index (χ1) is 16.8. The molecule has 0 N–H and O–H groups in total. The number of benzene rings is 2. The minimum absolute atomic E-state index is 0.0285. The number of carbonyl (C=O) groups is 1. The van der Waals surface area contributed by atoms with Crippen molar-refractivity contribution in [3.8, 4) is 0 Å². The molecule has 4 aromatic rings. The number of piperazine rings is 1. The number of carbonyl (C=O) groups excluding carboxylic acids is 1. The molecular weight excluding hydrogens is 481 g/mol. The molecular formula is C27H27Cl2N5O. The Hall–Kier alpha value is -3.09. The van der Waals surface area contributed by atoms with Crippen molar-refractivity contribution in [3.63, 3.8) is 0 Å². The molecule has 0 unspecified atom stereocenters. The lowest BCUT2D eigenvalue weighted by atomic mass is 10.0. The van der Waals surface area contributed by atoms with Crippen LogP contribution in [-0.2, 0) is 6.42 Å². The van der Waals surface area contributed by atoms with Crippen LogP contribution in [0, 0.1) is 20.8 Å². The van der Waals surface area contributed by atoms with Crippen LogP contribution in [0.25, 0.3) is 5.65 Å². The summed E-state index contributed by atoms with van der Waals surface area (Å²) >= 11 is 12.2. The van der Waals surface area contributed by atoms with Gasteiger partial charge in [-0.05, 0) is 61.7 Å². The van der Waals surface area contributed by atoms with Crippen LogP contribution in [0.3, 0.4) is 0 Å². The Morgan fingerprint density at radius 3 is 2.34 bits per heavy atom. The molecule has 0 aliphatic carbocycles. The lowest BCUT2D eigenvalue weighted by Gasteiger charge is -2.36. The molecule has 8 heteroatoms. The van der Waals surface area contributed by atoms with Gasteiger partial charge in [-0.3, -0.25) is 4.79 Å².